The zero-order valence-electron chi connectivity index (χ0n) is 20.8. The van der Waals surface area contributed by atoms with Crippen molar-refractivity contribution in [2.45, 2.75) is 27.0 Å². The van der Waals surface area contributed by atoms with Gasteiger partial charge in [0.25, 0.3) is 5.69 Å². The third kappa shape index (κ3) is 4.64. The Hall–Kier alpha value is -5.19. The van der Waals surface area contributed by atoms with Crippen LogP contribution in [0.25, 0.3) is 5.69 Å². The molecule has 190 valence electrons. The summed E-state index contributed by atoms with van der Waals surface area (Å²) in [7, 11) is 0. The number of amides is 1. The molecule has 0 bridgehead atoms. The van der Waals surface area contributed by atoms with Crippen molar-refractivity contribution in [3.8, 4) is 5.69 Å². The molecule has 1 aromatic heterocycles. The van der Waals surface area contributed by atoms with Crippen LogP contribution in [0.5, 0.6) is 0 Å². The number of hydrogen-bond donors (Lipinski definition) is 0. The smallest absolute Gasteiger partial charge is 0.278 e. The predicted molar refractivity (Wildman–Crippen MR) is 140 cm³/mol. The second kappa shape index (κ2) is 10.1. The molecule has 0 radical (unpaired) electrons. The maximum Gasteiger partial charge on any atom is 0.278 e. The number of hydrazone groups is 1. The van der Waals surface area contributed by atoms with Crippen molar-refractivity contribution in [1.29, 1.82) is 0 Å². The fraction of sp³-hybridized carbons (Fsp3) is 0.148. The summed E-state index contributed by atoms with van der Waals surface area (Å²) in [6, 6.07) is 22.9. The number of para-hydroxylation sites is 2. The first-order chi connectivity index (χ1) is 18.3. The van der Waals surface area contributed by atoms with E-state index in [0.29, 0.717) is 16.9 Å². The van der Waals surface area contributed by atoms with Gasteiger partial charge >= 0.3 is 0 Å². The summed E-state index contributed by atoms with van der Waals surface area (Å²) in [5.41, 5.74) is 4.51. The molecule has 1 amide bonds. The average Bonchev–Trinajstić information content (AvgIpc) is 3.50. The van der Waals surface area contributed by atoms with Crippen molar-refractivity contribution >= 4 is 28.9 Å². The molecule has 1 aliphatic rings. The molecule has 4 aromatic rings. The number of azo groups is 1. The standard InChI is InChI=1S/C27H23N7O4/c1-17-25(18(2)32(30-17)22-9-5-4-6-10-22)29-28-21-15-13-20(14-16-21)26-31-33(19(3)35)27(38-26)23-11-7-8-12-24(23)34(36)37/h4-16,27H,1-3H3. The molecule has 0 spiro atoms. The number of rotatable bonds is 6. The van der Waals surface area contributed by atoms with E-state index < -0.39 is 17.1 Å². The van der Waals surface area contributed by atoms with Gasteiger partial charge in [0, 0.05) is 18.6 Å². The van der Waals surface area contributed by atoms with Crippen LogP contribution in [-0.4, -0.2) is 31.5 Å². The van der Waals surface area contributed by atoms with Gasteiger partial charge in [-0.1, -0.05) is 30.3 Å². The number of nitro groups is 1. The summed E-state index contributed by atoms with van der Waals surface area (Å²) in [6.45, 7) is 5.15. The fourth-order valence-electron chi connectivity index (χ4n) is 4.13. The van der Waals surface area contributed by atoms with E-state index in [1.165, 1.54) is 13.0 Å². The molecule has 0 N–H and O–H groups in total. The van der Waals surface area contributed by atoms with Crippen LogP contribution in [-0.2, 0) is 9.53 Å². The van der Waals surface area contributed by atoms with E-state index >= 15 is 0 Å². The highest BCUT2D eigenvalue weighted by atomic mass is 16.6. The monoisotopic (exact) mass is 509 g/mol. The molecule has 5 rings (SSSR count). The Kier molecular flexibility index (Phi) is 6.48. The van der Waals surface area contributed by atoms with E-state index in [9.17, 15) is 14.9 Å². The van der Waals surface area contributed by atoms with E-state index in [4.69, 9.17) is 4.74 Å². The molecule has 1 atom stereocenters. The van der Waals surface area contributed by atoms with Crippen molar-refractivity contribution in [1.82, 2.24) is 14.8 Å². The quantitative estimate of drug-likeness (QED) is 0.177. The first-order valence-corrected chi connectivity index (χ1v) is 11.8. The minimum absolute atomic E-state index is 0.155. The Bertz CT molecular complexity index is 1580. The van der Waals surface area contributed by atoms with Gasteiger partial charge in [-0.15, -0.1) is 10.2 Å². The predicted octanol–water partition coefficient (Wildman–Crippen LogP) is 6.05. The summed E-state index contributed by atoms with van der Waals surface area (Å²) in [5, 5.41) is 30.3. The van der Waals surface area contributed by atoms with Gasteiger partial charge in [-0.05, 0) is 56.3 Å². The van der Waals surface area contributed by atoms with Crippen LogP contribution in [0.2, 0.25) is 0 Å². The Morgan fingerprint density at radius 1 is 0.974 bits per heavy atom. The molecular formula is C27H23N7O4. The summed E-state index contributed by atoms with van der Waals surface area (Å²) in [6.07, 6.45) is -1.05. The maximum absolute atomic E-state index is 12.2. The molecule has 11 heteroatoms. The Morgan fingerprint density at radius 2 is 1.66 bits per heavy atom. The van der Waals surface area contributed by atoms with E-state index in [-0.39, 0.29) is 17.1 Å². The lowest BCUT2D eigenvalue weighted by molar-refractivity contribution is -0.386. The lowest BCUT2D eigenvalue weighted by atomic mass is 10.1. The Labute approximate surface area is 217 Å². The lowest BCUT2D eigenvalue weighted by Gasteiger charge is -2.19. The van der Waals surface area contributed by atoms with Crippen molar-refractivity contribution < 1.29 is 14.5 Å². The van der Waals surface area contributed by atoms with Crippen LogP contribution in [0.3, 0.4) is 0 Å². The zero-order valence-corrected chi connectivity index (χ0v) is 20.8. The third-order valence-electron chi connectivity index (χ3n) is 6.00. The topological polar surface area (TPSA) is 128 Å². The minimum atomic E-state index is -1.05. The number of aromatic nitrogens is 2. The Balaban J connectivity index is 1.37. The second-order valence-electron chi connectivity index (χ2n) is 8.57. The SMILES string of the molecule is CC(=O)N1N=C(c2ccc(N=Nc3c(C)nn(-c4ccccc4)c3C)cc2)OC1c1ccccc1[N+](=O)[O-]. The van der Waals surface area contributed by atoms with Crippen LogP contribution in [0.15, 0.2) is 94.2 Å². The van der Waals surface area contributed by atoms with E-state index in [1.54, 1.807) is 42.5 Å². The molecule has 0 aliphatic carbocycles. The molecule has 0 saturated carbocycles. The van der Waals surface area contributed by atoms with Gasteiger partial charge in [-0.25, -0.2) is 4.68 Å². The van der Waals surface area contributed by atoms with Crippen LogP contribution in [0.1, 0.15) is 35.7 Å². The van der Waals surface area contributed by atoms with Gasteiger partial charge in [0.2, 0.25) is 18.0 Å². The van der Waals surface area contributed by atoms with Crippen LogP contribution >= 0.6 is 0 Å². The van der Waals surface area contributed by atoms with Gasteiger partial charge in [-0.3, -0.25) is 14.9 Å². The van der Waals surface area contributed by atoms with E-state index in [2.05, 4.69) is 20.4 Å². The number of carbonyl (C=O) groups is 1. The fourth-order valence-corrected chi connectivity index (χ4v) is 4.13. The summed E-state index contributed by atoms with van der Waals surface area (Å²) in [4.78, 5) is 23.2. The number of benzene rings is 3. The molecule has 38 heavy (non-hydrogen) atoms. The number of aryl methyl sites for hydroxylation is 1. The normalized spacial score (nSPS) is 15.0. The first-order valence-electron chi connectivity index (χ1n) is 11.8. The first kappa shape index (κ1) is 24.5. The second-order valence-corrected chi connectivity index (χ2v) is 8.57. The van der Waals surface area contributed by atoms with Gasteiger partial charge in [0.05, 0.1) is 33.2 Å². The van der Waals surface area contributed by atoms with Gasteiger partial charge in [-0.2, -0.15) is 15.2 Å². The average molecular weight is 510 g/mol. The number of ether oxygens (including phenoxy) is 1. The van der Waals surface area contributed by atoms with Crippen LogP contribution in [0.4, 0.5) is 17.1 Å². The number of nitrogens with zero attached hydrogens (tertiary/aromatic N) is 7. The molecule has 0 saturated heterocycles. The molecular weight excluding hydrogens is 486 g/mol. The van der Waals surface area contributed by atoms with Crippen LogP contribution in [0, 0.1) is 24.0 Å². The lowest BCUT2D eigenvalue weighted by Crippen LogP contribution is -2.25. The minimum Gasteiger partial charge on any atom is -0.445 e. The van der Waals surface area contributed by atoms with Crippen molar-refractivity contribution in [2.24, 2.45) is 15.3 Å². The molecule has 1 unspecified atom stereocenters. The molecule has 1 aliphatic heterocycles. The number of carbonyl (C=O) groups excluding carboxylic acids is 1. The van der Waals surface area contributed by atoms with Crippen LogP contribution < -0.4 is 0 Å². The van der Waals surface area contributed by atoms with Crippen molar-refractivity contribution in [3.63, 3.8) is 0 Å². The maximum atomic E-state index is 12.2. The summed E-state index contributed by atoms with van der Waals surface area (Å²) >= 11 is 0. The molecule has 0 fully saturated rings. The molecule has 11 nitrogen and oxygen atoms in total. The van der Waals surface area contributed by atoms with Crippen molar-refractivity contribution in [3.05, 3.63) is 111 Å². The third-order valence-corrected chi connectivity index (χ3v) is 6.00. The van der Waals surface area contributed by atoms with Gasteiger partial charge in [0.1, 0.15) is 5.69 Å². The largest absolute Gasteiger partial charge is 0.445 e. The number of nitro benzene ring substituents is 1. The Morgan fingerprint density at radius 3 is 2.34 bits per heavy atom. The van der Waals surface area contributed by atoms with E-state index in [1.807, 2.05) is 48.9 Å². The highest BCUT2D eigenvalue weighted by Crippen LogP contribution is 2.35. The summed E-state index contributed by atoms with van der Waals surface area (Å²) in [5.74, 6) is -0.238. The van der Waals surface area contributed by atoms with Crippen molar-refractivity contribution in [2.75, 3.05) is 0 Å². The highest BCUT2D eigenvalue weighted by molar-refractivity contribution is 5.96. The van der Waals surface area contributed by atoms with E-state index in [0.717, 1.165) is 22.1 Å². The zero-order chi connectivity index (χ0) is 26.8. The molecule has 3 aromatic carbocycles. The van der Waals surface area contributed by atoms with Gasteiger partial charge < -0.3 is 4.74 Å². The van der Waals surface area contributed by atoms with Gasteiger partial charge in [0.15, 0.2) is 0 Å². The number of hydrogen-bond acceptors (Lipinski definition) is 8. The summed E-state index contributed by atoms with van der Waals surface area (Å²) < 4.78 is 7.76. The highest BCUT2D eigenvalue weighted by Gasteiger charge is 2.37. The molecule has 2 heterocycles.